The van der Waals surface area contributed by atoms with Gasteiger partial charge < -0.3 is 4.98 Å². The Hall–Kier alpha value is -1.49. The highest BCUT2D eigenvalue weighted by Gasteiger charge is 2.21. The van der Waals surface area contributed by atoms with Gasteiger partial charge in [-0.2, -0.15) is 0 Å². The third-order valence-corrected chi connectivity index (χ3v) is 4.82. The highest BCUT2D eigenvalue weighted by molar-refractivity contribution is 7.20. The highest BCUT2D eigenvalue weighted by Crippen LogP contribution is 2.33. The van der Waals surface area contributed by atoms with Crippen molar-refractivity contribution in [2.45, 2.75) is 38.5 Å². The minimum Gasteiger partial charge on any atom is -0.310 e. The number of H-pyrrole nitrogens is 1. The van der Waals surface area contributed by atoms with Gasteiger partial charge in [-0.1, -0.05) is 12.8 Å². The van der Waals surface area contributed by atoms with Crippen LogP contribution in [-0.2, 0) is 0 Å². The number of hydrogen-bond acceptors (Lipinski definition) is 4. The molecule has 3 rings (SSSR count). The van der Waals surface area contributed by atoms with Crippen LogP contribution in [0.1, 0.15) is 52.7 Å². The van der Waals surface area contributed by atoms with Crippen LogP contribution in [0.3, 0.4) is 0 Å². The molecule has 0 atom stereocenters. The van der Waals surface area contributed by atoms with Crippen LogP contribution in [-0.4, -0.2) is 16.3 Å². The van der Waals surface area contributed by atoms with Gasteiger partial charge in [0.15, 0.2) is 6.29 Å². The third-order valence-electron chi connectivity index (χ3n) is 3.70. The lowest BCUT2D eigenvalue weighted by molar-refractivity contribution is 0.112. The maximum Gasteiger partial charge on any atom is 0.259 e. The number of aldehydes is 1. The second-order valence-electron chi connectivity index (χ2n) is 4.82. The zero-order valence-electron chi connectivity index (χ0n) is 10.2. The van der Waals surface area contributed by atoms with Gasteiger partial charge in [0.2, 0.25) is 0 Å². The summed E-state index contributed by atoms with van der Waals surface area (Å²) in [6, 6.07) is 0. The van der Waals surface area contributed by atoms with Gasteiger partial charge in [-0.25, -0.2) is 4.98 Å². The Kier molecular flexibility index (Phi) is 2.78. The molecule has 18 heavy (non-hydrogen) atoms. The molecule has 0 saturated heterocycles. The Morgan fingerprint density at radius 1 is 1.39 bits per heavy atom. The Morgan fingerprint density at radius 2 is 2.11 bits per heavy atom. The first-order valence-corrected chi connectivity index (χ1v) is 7.01. The Balaban J connectivity index is 2.21. The first-order valence-electron chi connectivity index (χ1n) is 6.19. The van der Waals surface area contributed by atoms with Crippen LogP contribution in [0, 0.1) is 6.92 Å². The van der Waals surface area contributed by atoms with Crippen molar-refractivity contribution in [3.63, 3.8) is 0 Å². The molecule has 0 radical (unpaired) electrons. The fourth-order valence-electron chi connectivity index (χ4n) is 2.68. The van der Waals surface area contributed by atoms with Gasteiger partial charge in [-0.3, -0.25) is 9.59 Å². The largest absolute Gasteiger partial charge is 0.310 e. The predicted molar refractivity (Wildman–Crippen MR) is 71.6 cm³/mol. The number of hydrogen-bond donors (Lipinski definition) is 1. The number of aromatic nitrogens is 2. The summed E-state index contributed by atoms with van der Waals surface area (Å²) in [6.07, 6.45) is 5.40. The molecule has 2 aromatic heterocycles. The second kappa shape index (κ2) is 4.31. The molecule has 1 aliphatic carbocycles. The summed E-state index contributed by atoms with van der Waals surface area (Å²) in [6.45, 7) is 1.80. The molecule has 2 heterocycles. The van der Waals surface area contributed by atoms with E-state index < -0.39 is 0 Å². The zero-order valence-corrected chi connectivity index (χ0v) is 11.0. The third kappa shape index (κ3) is 1.70. The minimum atomic E-state index is -0.108. The van der Waals surface area contributed by atoms with Crippen LogP contribution >= 0.6 is 11.3 Å². The number of carbonyl (C=O) groups is 1. The van der Waals surface area contributed by atoms with Crippen LogP contribution in [0.5, 0.6) is 0 Å². The van der Waals surface area contributed by atoms with Crippen LogP contribution in [0.4, 0.5) is 0 Å². The smallest absolute Gasteiger partial charge is 0.259 e. The van der Waals surface area contributed by atoms with Crippen LogP contribution in [0.2, 0.25) is 0 Å². The SMILES string of the molecule is Cc1c(C=O)sc2nc(C3CCCC3)[nH]c(=O)c12. The molecule has 1 aliphatic rings. The van der Waals surface area contributed by atoms with E-state index in [4.69, 9.17) is 0 Å². The van der Waals surface area contributed by atoms with Gasteiger partial charge in [0.25, 0.3) is 5.56 Å². The summed E-state index contributed by atoms with van der Waals surface area (Å²) in [5.74, 6) is 1.17. The highest BCUT2D eigenvalue weighted by atomic mass is 32.1. The number of nitrogens with zero attached hydrogens (tertiary/aromatic N) is 1. The summed E-state index contributed by atoms with van der Waals surface area (Å²) < 4.78 is 0. The van der Waals surface area contributed by atoms with Crippen molar-refractivity contribution in [3.8, 4) is 0 Å². The molecule has 0 aliphatic heterocycles. The molecule has 94 valence electrons. The van der Waals surface area contributed by atoms with E-state index in [9.17, 15) is 9.59 Å². The number of nitrogens with one attached hydrogen (secondary N) is 1. The average Bonchev–Trinajstić information content (AvgIpc) is 2.97. The molecule has 0 bridgehead atoms. The van der Waals surface area contributed by atoms with E-state index in [1.54, 1.807) is 6.92 Å². The first kappa shape index (κ1) is 11.6. The minimum absolute atomic E-state index is 0.108. The normalized spacial score (nSPS) is 16.5. The molecule has 5 heteroatoms. The molecular weight excluding hydrogens is 248 g/mol. The first-order chi connectivity index (χ1) is 8.70. The topological polar surface area (TPSA) is 62.8 Å². The van der Waals surface area contributed by atoms with Crippen molar-refractivity contribution in [3.05, 3.63) is 26.6 Å². The van der Waals surface area contributed by atoms with Crippen molar-refractivity contribution in [1.82, 2.24) is 9.97 Å². The standard InChI is InChI=1S/C13H14N2O2S/c1-7-9(6-16)18-13-10(7)12(17)14-11(15-13)8-4-2-3-5-8/h6,8H,2-5H2,1H3,(H,14,15,17). The summed E-state index contributed by atoms with van der Waals surface area (Å²) in [5, 5.41) is 0.573. The molecule has 1 saturated carbocycles. The molecule has 0 aromatic carbocycles. The van der Waals surface area contributed by atoms with E-state index in [1.165, 1.54) is 24.2 Å². The van der Waals surface area contributed by atoms with Crippen molar-refractivity contribution in [2.75, 3.05) is 0 Å². The molecule has 1 N–H and O–H groups in total. The van der Waals surface area contributed by atoms with Gasteiger partial charge in [0.05, 0.1) is 10.3 Å². The van der Waals surface area contributed by atoms with Gasteiger partial charge in [-0.15, -0.1) is 11.3 Å². The van der Waals surface area contributed by atoms with E-state index in [0.717, 1.165) is 30.5 Å². The predicted octanol–water partition coefficient (Wildman–Crippen LogP) is 2.76. The lowest BCUT2D eigenvalue weighted by Crippen LogP contribution is -2.13. The monoisotopic (exact) mass is 262 g/mol. The van der Waals surface area contributed by atoms with E-state index in [2.05, 4.69) is 9.97 Å². The van der Waals surface area contributed by atoms with Crippen LogP contribution < -0.4 is 5.56 Å². The quantitative estimate of drug-likeness (QED) is 0.846. The maximum atomic E-state index is 12.1. The lowest BCUT2D eigenvalue weighted by atomic mass is 10.1. The van der Waals surface area contributed by atoms with Crippen LogP contribution in [0.15, 0.2) is 4.79 Å². The van der Waals surface area contributed by atoms with E-state index in [0.29, 0.717) is 21.0 Å². The number of aromatic amines is 1. The maximum absolute atomic E-state index is 12.1. The van der Waals surface area contributed by atoms with E-state index in [1.807, 2.05) is 0 Å². The van der Waals surface area contributed by atoms with Crippen molar-refractivity contribution < 1.29 is 4.79 Å². The number of rotatable bonds is 2. The number of aryl methyl sites for hydroxylation is 1. The molecular formula is C13H14N2O2S. The Bertz CT molecular complexity index is 665. The van der Waals surface area contributed by atoms with Gasteiger partial charge in [-0.05, 0) is 25.3 Å². The molecule has 0 amide bonds. The molecule has 2 aromatic rings. The lowest BCUT2D eigenvalue weighted by Gasteiger charge is -2.07. The summed E-state index contributed by atoms with van der Waals surface area (Å²) in [4.78, 5) is 31.8. The molecule has 4 nitrogen and oxygen atoms in total. The Labute approximate surface area is 108 Å². The van der Waals surface area contributed by atoms with Crippen molar-refractivity contribution in [1.29, 1.82) is 0 Å². The van der Waals surface area contributed by atoms with Gasteiger partial charge in [0, 0.05) is 5.92 Å². The fourth-order valence-corrected chi connectivity index (χ4v) is 3.69. The number of carbonyl (C=O) groups excluding carboxylic acids is 1. The fraction of sp³-hybridized carbons (Fsp3) is 0.462. The number of fused-ring (bicyclic) bond motifs is 1. The second-order valence-corrected chi connectivity index (χ2v) is 5.85. The average molecular weight is 262 g/mol. The summed E-state index contributed by atoms with van der Waals surface area (Å²) >= 11 is 1.31. The van der Waals surface area contributed by atoms with Gasteiger partial charge >= 0.3 is 0 Å². The molecule has 1 fully saturated rings. The van der Waals surface area contributed by atoms with Crippen molar-refractivity contribution in [2.24, 2.45) is 0 Å². The summed E-state index contributed by atoms with van der Waals surface area (Å²) in [7, 11) is 0. The Morgan fingerprint density at radius 3 is 2.78 bits per heavy atom. The molecule has 0 unspecified atom stereocenters. The van der Waals surface area contributed by atoms with E-state index in [-0.39, 0.29) is 5.56 Å². The van der Waals surface area contributed by atoms with E-state index >= 15 is 0 Å². The summed E-state index contributed by atoms with van der Waals surface area (Å²) in [5.41, 5.74) is 0.639. The molecule has 0 spiro atoms. The number of thiophene rings is 1. The zero-order chi connectivity index (χ0) is 12.7. The van der Waals surface area contributed by atoms with Crippen molar-refractivity contribution >= 4 is 27.8 Å². The van der Waals surface area contributed by atoms with Crippen LogP contribution in [0.25, 0.3) is 10.2 Å². The van der Waals surface area contributed by atoms with Gasteiger partial charge in [0.1, 0.15) is 10.7 Å².